The third kappa shape index (κ3) is 3.32. The van der Waals surface area contributed by atoms with Crippen LogP contribution >= 0.6 is 15.9 Å². The molecule has 1 aromatic carbocycles. The highest BCUT2D eigenvalue weighted by Gasteiger charge is 2.27. The Morgan fingerprint density at radius 2 is 1.95 bits per heavy atom. The summed E-state index contributed by atoms with van der Waals surface area (Å²) in [6.45, 7) is 2.88. The van der Waals surface area contributed by atoms with Gasteiger partial charge in [0.15, 0.2) is 0 Å². The second kappa shape index (κ2) is 5.29. The minimum absolute atomic E-state index is 0.567. The molecule has 0 saturated heterocycles. The number of nitrogens with one attached hydrogen (secondary N) is 1. The molecule has 1 aliphatic carbocycles. The van der Waals surface area contributed by atoms with E-state index in [4.69, 9.17) is 0 Å². The molecule has 4 heteroatoms. The van der Waals surface area contributed by atoms with E-state index in [1.807, 2.05) is 6.07 Å². The number of aromatic nitrogens is 2. The van der Waals surface area contributed by atoms with Gasteiger partial charge < -0.3 is 5.32 Å². The van der Waals surface area contributed by atoms with Gasteiger partial charge in [-0.3, -0.25) is 0 Å². The van der Waals surface area contributed by atoms with Crippen molar-refractivity contribution in [3.05, 3.63) is 51.9 Å². The van der Waals surface area contributed by atoms with Crippen molar-refractivity contribution < 1.29 is 0 Å². The molecule has 1 saturated carbocycles. The van der Waals surface area contributed by atoms with Crippen molar-refractivity contribution in [1.82, 2.24) is 9.97 Å². The normalized spacial score (nSPS) is 14.4. The number of rotatable bonds is 4. The summed E-state index contributed by atoms with van der Waals surface area (Å²) >= 11 is 3.45. The van der Waals surface area contributed by atoms with Crippen LogP contribution in [-0.4, -0.2) is 9.97 Å². The van der Waals surface area contributed by atoms with Gasteiger partial charge in [0.05, 0.1) is 0 Å². The largest absolute Gasteiger partial charge is 0.366 e. The first-order valence-corrected chi connectivity index (χ1v) is 7.34. The molecule has 0 atom stereocenters. The first-order chi connectivity index (χ1) is 9.20. The molecule has 1 heterocycles. The van der Waals surface area contributed by atoms with Crippen LogP contribution in [0.1, 0.15) is 35.7 Å². The van der Waals surface area contributed by atoms with Crippen LogP contribution in [0.2, 0.25) is 0 Å². The Balaban J connectivity index is 1.70. The molecule has 3 nitrogen and oxygen atoms in total. The van der Waals surface area contributed by atoms with Gasteiger partial charge in [0.2, 0.25) is 0 Å². The van der Waals surface area contributed by atoms with E-state index in [2.05, 4.69) is 62.4 Å². The molecule has 0 aliphatic heterocycles. The summed E-state index contributed by atoms with van der Waals surface area (Å²) in [5.41, 5.74) is 2.54. The monoisotopic (exact) mass is 317 g/mol. The molecule has 1 fully saturated rings. The van der Waals surface area contributed by atoms with Crippen LogP contribution in [0.25, 0.3) is 0 Å². The zero-order chi connectivity index (χ0) is 13.2. The zero-order valence-corrected chi connectivity index (χ0v) is 12.4. The Bertz CT molecular complexity index is 576. The standard InChI is InChI=1S/C15H16BrN3/c1-10-2-4-11(5-3-10)9-17-14-8-13(16)18-15(19-14)12-6-7-12/h2-5,8,12H,6-7,9H2,1H3,(H,17,18,19). The summed E-state index contributed by atoms with van der Waals surface area (Å²) in [5, 5.41) is 3.36. The average molecular weight is 318 g/mol. The molecule has 1 aliphatic rings. The lowest BCUT2D eigenvalue weighted by atomic mass is 10.1. The van der Waals surface area contributed by atoms with Gasteiger partial charge in [0, 0.05) is 18.5 Å². The highest BCUT2D eigenvalue weighted by Crippen LogP contribution is 2.38. The van der Waals surface area contributed by atoms with Gasteiger partial charge >= 0.3 is 0 Å². The first-order valence-electron chi connectivity index (χ1n) is 6.54. The Hall–Kier alpha value is -1.42. The Kier molecular flexibility index (Phi) is 3.51. The average Bonchev–Trinajstić information content (AvgIpc) is 3.22. The number of anilines is 1. The minimum Gasteiger partial charge on any atom is -0.366 e. The molecule has 1 aromatic heterocycles. The second-order valence-corrected chi connectivity index (χ2v) is 5.86. The van der Waals surface area contributed by atoms with E-state index in [1.165, 1.54) is 24.0 Å². The third-order valence-corrected chi connectivity index (χ3v) is 3.66. The van der Waals surface area contributed by atoms with Crippen LogP contribution < -0.4 is 5.32 Å². The van der Waals surface area contributed by atoms with E-state index in [1.54, 1.807) is 0 Å². The van der Waals surface area contributed by atoms with Crippen molar-refractivity contribution in [2.75, 3.05) is 5.32 Å². The van der Waals surface area contributed by atoms with Crippen molar-refractivity contribution in [3.63, 3.8) is 0 Å². The topological polar surface area (TPSA) is 37.8 Å². The van der Waals surface area contributed by atoms with Gasteiger partial charge in [-0.1, -0.05) is 29.8 Å². The maximum Gasteiger partial charge on any atom is 0.135 e. The van der Waals surface area contributed by atoms with Crippen molar-refractivity contribution in [3.8, 4) is 0 Å². The van der Waals surface area contributed by atoms with Crippen molar-refractivity contribution in [2.45, 2.75) is 32.2 Å². The molecule has 98 valence electrons. The molecular weight excluding hydrogens is 302 g/mol. The van der Waals surface area contributed by atoms with E-state index in [0.29, 0.717) is 5.92 Å². The summed E-state index contributed by atoms with van der Waals surface area (Å²) < 4.78 is 0.857. The maximum atomic E-state index is 4.58. The second-order valence-electron chi connectivity index (χ2n) is 5.05. The predicted octanol–water partition coefficient (Wildman–Crippen LogP) is 4.04. The smallest absolute Gasteiger partial charge is 0.135 e. The number of aryl methyl sites for hydroxylation is 1. The highest BCUT2D eigenvalue weighted by atomic mass is 79.9. The van der Waals surface area contributed by atoms with Crippen LogP contribution in [-0.2, 0) is 6.54 Å². The summed E-state index contributed by atoms with van der Waals surface area (Å²) in [6, 6.07) is 10.5. The quantitative estimate of drug-likeness (QED) is 0.865. The molecule has 19 heavy (non-hydrogen) atoms. The fourth-order valence-corrected chi connectivity index (χ4v) is 2.35. The Morgan fingerprint density at radius 3 is 2.63 bits per heavy atom. The maximum absolute atomic E-state index is 4.58. The molecule has 0 spiro atoms. The molecule has 2 aromatic rings. The van der Waals surface area contributed by atoms with Crippen LogP contribution in [0.4, 0.5) is 5.82 Å². The van der Waals surface area contributed by atoms with Gasteiger partial charge in [-0.25, -0.2) is 9.97 Å². The lowest BCUT2D eigenvalue weighted by molar-refractivity contribution is 0.910. The molecule has 3 rings (SSSR count). The van der Waals surface area contributed by atoms with Gasteiger partial charge in [-0.05, 0) is 41.3 Å². The number of hydrogen-bond acceptors (Lipinski definition) is 3. The van der Waals surface area contributed by atoms with Crippen molar-refractivity contribution in [1.29, 1.82) is 0 Å². The summed E-state index contributed by atoms with van der Waals surface area (Å²) in [6.07, 6.45) is 2.43. The highest BCUT2D eigenvalue weighted by molar-refractivity contribution is 9.10. The number of benzene rings is 1. The number of nitrogens with zero attached hydrogens (tertiary/aromatic N) is 2. The van der Waals surface area contributed by atoms with E-state index in [0.717, 1.165) is 22.8 Å². The van der Waals surface area contributed by atoms with Gasteiger partial charge in [0.1, 0.15) is 16.2 Å². The first kappa shape index (κ1) is 12.6. The van der Waals surface area contributed by atoms with E-state index in [-0.39, 0.29) is 0 Å². The zero-order valence-electron chi connectivity index (χ0n) is 10.9. The van der Waals surface area contributed by atoms with Crippen LogP contribution in [0.15, 0.2) is 34.9 Å². The fourth-order valence-electron chi connectivity index (χ4n) is 1.95. The van der Waals surface area contributed by atoms with Crippen LogP contribution in [0, 0.1) is 6.92 Å². The van der Waals surface area contributed by atoms with Crippen molar-refractivity contribution >= 4 is 21.7 Å². The summed E-state index contributed by atoms with van der Waals surface area (Å²) in [4.78, 5) is 9.00. The van der Waals surface area contributed by atoms with Crippen molar-refractivity contribution in [2.24, 2.45) is 0 Å². The molecule has 0 unspecified atom stereocenters. The third-order valence-electron chi connectivity index (χ3n) is 3.25. The molecular formula is C15H16BrN3. The van der Waals surface area contributed by atoms with Crippen LogP contribution in [0.3, 0.4) is 0 Å². The van der Waals surface area contributed by atoms with E-state index in [9.17, 15) is 0 Å². The van der Waals surface area contributed by atoms with Gasteiger partial charge in [-0.15, -0.1) is 0 Å². The van der Waals surface area contributed by atoms with Gasteiger partial charge in [-0.2, -0.15) is 0 Å². The molecule has 0 radical (unpaired) electrons. The molecule has 0 bridgehead atoms. The Morgan fingerprint density at radius 1 is 1.21 bits per heavy atom. The molecule has 0 amide bonds. The predicted molar refractivity (Wildman–Crippen MR) is 80.2 cm³/mol. The van der Waals surface area contributed by atoms with E-state index >= 15 is 0 Å². The Labute approximate surface area is 121 Å². The number of hydrogen-bond donors (Lipinski definition) is 1. The SMILES string of the molecule is Cc1ccc(CNc2cc(Br)nc(C3CC3)n2)cc1. The molecule has 1 N–H and O–H groups in total. The van der Waals surface area contributed by atoms with Gasteiger partial charge in [0.25, 0.3) is 0 Å². The lowest BCUT2D eigenvalue weighted by Gasteiger charge is -2.08. The van der Waals surface area contributed by atoms with E-state index < -0.39 is 0 Å². The number of halogens is 1. The minimum atomic E-state index is 0.567. The fraction of sp³-hybridized carbons (Fsp3) is 0.333. The summed E-state index contributed by atoms with van der Waals surface area (Å²) in [7, 11) is 0. The van der Waals surface area contributed by atoms with Crippen LogP contribution in [0.5, 0.6) is 0 Å². The summed E-state index contributed by atoms with van der Waals surface area (Å²) in [5.74, 6) is 2.42. The lowest BCUT2D eigenvalue weighted by Crippen LogP contribution is -2.04.